The molecule has 13 heteroatoms. The van der Waals surface area contributed by atoms with E-state index < -0.39 is 37.3 Å². The number of carbonyl (C=O) groups excluding carboxylic acids is 2. The molecule has 0 aromatic heterocycles. The molecule has 2 aliphatic heterocycles. The third kappa shape index (κ3) is 8.32. The van der Waals surface area contributed by atoms with Gasteiger partial charge >= 0.3 is 0 Å². The van der Waals surface area contributed by atoms with E-state index in [0.717, 1.165) is 52.1 Å². The van der Waals surface area contributed by atoms with Gasteiger partial charge in [0.2, 0.25) is 12.7 Å². The summed E-state index contributed by atoms with van der Waals surface area (Å²) in [5.74, 6) is -0.298. The standard InChI is InChI=1S/C24H39N5O8/c25-3-1-5-28-7-9-29(10-8-28)6-2-4-26-23(35)16-11-17(27-15-31)13-18(12-16)36-24-22(34)21(33)20(32)19(14-30)37-24/h11-13,15,19-22,24,30,32-34H,1-10,14,25H2,(H,26,35)(H,27,31)/t19-,20+,21+,22-,24+/m1/s1. The zero-order valence-corrected chi connectivity index (χ0v) is 20.9. The maximum absolute atomic E-state index is 12.8. The Kier molecular flexibility index (Phi) is 11.5. The first-order chi connectivity index (χ1) is 17.9. The summed E-state index contributed by atoms with van der Waals surface area (Å²) in [5, 5.41) is 44.9. The van der Waals surface area contributed by atoms with E-state index in [0.29, 0.717) is 19.5 Å². The lowest BCUT2D eigenvalue weighted by Crippen LogP contribution is -2.60. The molecule has 2 amide bonds. The zero-order chi connectivity index (χ0) is 26.8. The molecule has 0 aliphatic carbocycles. The highest BCUT2D eigenvalue weighted by molar-refractivity contribution is 5.96. The van der Waals surface area contributed by atoms with Gasteiger partial charge in [-0.15, -0.1) is 0 Å². The van der Waals surface area contributed by atoms with Gasteiger partial charge in [0.25, 0.3) is 5.91 Å². The molecule has 0 spiro atoms. The second-order valence-corrected chi connectivity index (χ2v) is 9.26. The van der Waals surface area contributed by atoms with Crippen LogP contribution in [0.2, 0.25) is 0 Å². The molecule has 0 bridgehead atoms. The normalized spacial score (nSPS) is 27.0. The van der Waals surface area contributed by atoms with Gasteiger partial charge in [-0.2, -0.15) is 0 Å². The van der Waals surface area contributed by atoms with Gasteiger partial charge in [-0.1, -0.05) is 0 Å². The number of anilines is 1. The molecule has 37 heavy (non-hydrogen) atoms. The van der Waals surface area contributed by atoms with Crippen LogP contribution >= 0.6 is 0 Å². The molecule has 0 saturated carbocycles. The average molecular weight is 526 g/mol. The summed E-state index contributed by atoms with van der Waals surface area (Å²) < 4.78 is 11.0. The van der Waals surface area contributed by atoms with Gasteiger partial charge in [0.15, 0.2) is 0 Å². The van der Waals surface area contributed by atoms with Gasteiger partial charge in [0.1, 0.15) is 30.2 Å². The molecule has 2 aliphatic rings. The van der Waals surface area contributed by atoms with Gasteiger partial charge in [-0.3, -0.25) is 9.59 Å². The predicted molar refractivity (Wildman–Crippen MR) is 134 cm³/mol. The molecule has 8 N–H and O–H groups in total. The van der Waals surface area contributed by atoms with Crippen molar-refractivity contribution in [2.24, 2.45) is 5.73 Å². The van der Waals surface area contributed by atoms with Crippen molar-refractivity contribution in [1.82, 2.24) is 15.1 Å². The van der Waals surface area contributed by atoms with E-state index in [-0.39, 0.29) is 22.9 Å². The highest BCUT2D eigenvalue weighted by Crippen LogP contribution is 2.27. The van der Waals surface area contributed by atoms with Crippen LogP contribution in [0.25, 0.3) is 0 Å². The number of piperazine rings is 1. The first-order valence-corrected chi connectivity index (χ1v) is 12.6. The first-order valence-electron chi connectivity index (χ1n) is 12.6. The average Bonchev–Trinajstić information content (AvgIpc) is 2.90. The summed E-state index contributed by atoms with van der Waals surface area (Å²) in [7, 11) is 0. The van der Waals surface area contributed by atoms with Crippen LogP contribution in [0.15, 0.2) is 18.2 Å². The lowest BCUT2D eigenvalue weighted by molar-refractivity contribution is -0.277. The van der Waals surface area contributed by atoms with Crippen molar-refractivity contribution < 1.29 is 39.5 Å². The van der Waals surface area contributed by atoms with Crippen molar-refractivity contribution in [2.45, 2.75) is 43.5 Å². The molecular formula is C24H39N5O8. The second-order valence-electron chi connectivity index (χ2n) is 9.26. The summed E-state index contributed by atoms with van der Waals surface area (Å²) >= 11 is 0. The number of nitrogens with one attached hydrogen (secondary N) is 2. The minimum absolute atomic E-state index is 0.0776. The number of nitrogens with two attached hydrogens (primary N) is 1. The van der Waals surface area contributed by atoms with Crippen molar-refractivity contribution in [1.29, 1.82) is 0 Å². The van der Waals surface area contributed by atoms with Crippen LogP contribution in [0.5, 0.6) is 5.75 Å². The summed E-state index contributed by atoms with van der Waals surface area (Å²) in [6.07, 6.45) is -5.08. The van der Waals surface area contributed by atoms with Gasteiger partial charge in [0.05, 0.1) is 6.61 Å². The second kappa shape index (κ2) is 14.5. The first kappa shape index (κ1) is 29.2. The van der Waals surface area contributed by atoms with Gasteiger partial charge < -0.3 is 56.1 Å². The monoisotopic (exact) mass is 525 g/mol. The van der Waals surface area contributed by atoms with Gasteiger partial charge in [-0.25, -0.2) is 0 Å². The van der Waals surface area contributed by atoms with Crippen LogP contribution in [0.4, 0.5) is 5.69 Å². The quantitative estimate of drug-likeness (QED) is 0.107. The lowest BCUT2D eigenvalue weighted by atomic mass is 9.99. The Morgan fingerprint density at radius 2 is 1.73 bits per heavy atom. The van der Waals surface area contributed by atoms with Crippen molar-refractivity contribution in [3.8, 4) is 5.75 Å². The highest BCUT2D eigenvalue weighted by atomic mass is 16.7. The molecule has 13 nitrogen and oxygen atoms in total. The number of hydrogen-bond donors (Lipinski definition) is 7. The Labute approximate surface area is 216 Å². The molecule has 5 atom stereocenters. The number of benzene rings is 1. The van der Waals surface area contributed by atoms with Gasteiger partial charge in [-0.05, 0) is 44.6 Å². The maximum Gasteiger partial charge on any atom is 0.251 e. The van der Waals surface area contributed by atoms with Gasteiger partial charge in [0, 0.05) is 50.0 Å². The highest BCUT2D eigenvalue weighted by Gasteiger charge is 2.44. The number of ether oxygens (including phenoxy) is 2. The van der Waals surface area contributed by atoms with Crippen LogP contribution in [0, 0.1) is 0 Å². The third-order valence-corrected chi connectivity index (χ3v) is 6.58. The Bertz CT molecular complexity index is 868. The van der Waals surface area contributed by atoms with Crippen LogP contribution in [0.1, 0.15) is 23.2 Å². The summed E-state index contributed by atoms with van der Waals surface area (Å²) in [6.45, 7) is 6.45. The molecule has 2 heterocycles. The fraction of sp³-hybridized carbons (Fsp3) is 0.667. The van der Waals surface area contributed by atoms with E-state index in [4.69, 9.17) is 15.2 Å². The number of rotatable bonds is 13. The molecule has 1 aromatic rings. The van der Waals surface area contributed by atoms with Crippen LogP contribution in [-0.4, -0.2) is 132 Å². The van der Waals surface area contributed by atoms with Crippen molar-refractivity contribution in [3.63, 3.8) is 0 Å². The topological polar surface area (TPSA) is 190 Å². The number of carbonyl (C=O) groups is 2. The molecule has 2 saturated heterocycles. The molecule has 208 valence electrons. The Morgan fingerprint density at radius 3 is 2.35 bits per heavy atom. The zero-order valence-electron chi connectivity index (χ0n) is 20.9. The van der Waals surface area contributed by atoms with Crippen LogP contribution < -0.4 is 21.1 Å². The lowest BCUT2D eigenvalue weighted by Gasteiger charge is -2.39. The molecule has 2 fully saturated rings. The number of aliphatic hydroxyl groups is 4. The van der Waals surface area contributed by atoms with E-state index in [9.17, 15) is 30.0 Å². The largest absolute Gasteiger partial charge is 0.462 e. The molecule has 3 rings (SSSR count). The van der Waals surface area contributed by atoms with E-state index in [1.54, 1.807) is 0 Å². The molecule has 0 unspecified atom stereocenters. The summed E-state index contributed by atoms with van der Waals surface area (Å²) in [4.78, 5) is 28.6. The molecule has 0 radical (unpaired) electrons. The van der Waals surface area contributed by atoms with E-state index in [1.165, 1.54) is 18.2 Å². The number of hydrogen-bond acceptors (Lipinski definition) is 11. The van der Waals surface area contributed by atoms with Crippen molar-refractivity contribution in [3.05, 3.63) is 23.8 Å². The fourth-order valence-electron chi connectivity index (χ4n) is 4.41. The number of aliphatic hydroxyl groups excluding tert-OH is 4. The predicted octanol–water partition coefficient (Wildman–Crippen LogP) is -2.48. The van der Waals surface area contributed by atoms with Crippen molar-refractivity contribution in [2.75, 3.05) is 64.3 Å². The van der Waals surface area contributed by atoms with Crippen LogP contribution in [0.3, 0.4) is 0 Å². The van der Waals surface area contributed by atoms with E-state index in [2.05, 4.69) is 20.4 Å². The molecular weight excluding hydrogens is 486 g/mol. The van der Waals surface area contributed by atoms with E-state index >= 15 is 0 Å². The Hall–Kier alpha value is -2.36. The third-order valence-electron chi connectivity index (χ3n) is 6.58. The summed E-state index contributed by atoms with van der Waals surface area (Å²) in [5.41, 5.74) is 6.06. The Morgan fingerprint density at radius 1 is 1.05 bits per heavy atom. The van der Waals surface area contributed by atoms with Crippen LogP contribution in [-0.2, 0) is 9.53 Å². The Balaban J connectivity index is 1.53. The fourth-order valence-corrected chi connectivity index (χ4v) is 4.41. The SMILES string of the molecule is NCCCN1CCN(CCCNC(=O)c2cc(NC=O)cc(O[C@H]3O[C@H](CO)[C@H](O)[C@H](O)[C@H]3O)c2)CC1. The van der Waals surface area contributed by atoms with E-state index in [1.807, 2.05) is 0 Å². The minimum atomic E-state index is -1.61. The number of amides is 2. The summed E-state index contributed by atoms with van der Waals surface area (Å²) in [6, 6.07) is 4.30. The maximum atomic E-state index is 12.8. The smallest absolute Gasteiger partial charge is 0.251 e. The number of nitrogens with zero attached hydrogens (tertiary/aromatic N) is 2. The van der Waals surface area contributed by atoms with Crippen molar-refractivity contribution >= 4 is 18.0 Å². The minimum Gasteiger partial charge on any atom is -0.462 e. The molecule has 1 aromatic carbocycles.